The van der Waals surface area contributed by atoms with Gasteiger partial charge in [0.25, 0.3) is 0 Å². The summed E-state index contributed by atoms with van der Waals surface area (Å²) in [5.74, 6) is -2.54. The van der Waals surface area contributed by atoms with Gasteiger partial charge in [0.15, 0.2) is 23.9 Å². The molecule has 0 aromatic heterocycles. The Balaban J connectivity index is 3.58. The van der Waals surface area contributed by atoms with Crippen LogP contribution in [0.1, 0.15) is 51.9 Å². The monoisotopic (exact) mass is 409 g/mol. The van der Waals surface area contributed by atoms with Crippen molar-refractivity contribution in [2.24, 2.45) is 10.8 Å². The molecule has 0 aliphatic rings. The molecule has 162 valence electrons. The van der Waals surface area contributed by atoms with Crippen LogP contribution in [0.15, 0.2) is 18.2 Å². The number of aliphatic carboxylic acids is 2. The molecule has 0 saturated heterocycles. The number of ketones is 1. The minimum Gasteiger partial charge on any atom is -0.479 e. The zero-order valence-electron chi connectivity index (χ0n) is 18.1. The van der Waals surface area contributed by atoms with Crippen LogP contribution in [-0.2, 0) is 9.59 Å². The summed E-state index contributed by atoms with van der Waals surface area (Å²) >= 11 is 0. The van der Waals surface area contributed by atoms with E-state index in [0.29, 0.717) is 5.56 Å². The molecule has 0 aliphatic heterocycles. The van der Waals surface area contributed by atoms with Crippen LogP contribution in [0, 0.1) is 10.8 Å². The number of carbonyl (C=O) groups excluding carboxylic acids is 1. The van der Waals surface area contributed by atoms with Crippen molar-refractivity contribution < 1.29 is 34.1 Å². The third kappa shape index (κ3) is 5.26. The number of hydrogen-bond acceptors (Lipinski definition) is 6. The number of likely N-dealkylation sites (N-methyl/N-ethyl adjacent to an activating group) is 1. The van der Waals surface area contributed by atoms with E-state index in [1.165, 1.54) is 18.2 Å². The first-order valence-corrected chi connectivity index (χ1v) is 9.26. The van der Waals surface area contributed by atoms with Gasteiger partial charge in [-0.2, -0.15) is 0 Å². The molecule has 0 heterocycles. The summed E-state index contributed by atoms with van der Waals surface area (Å²) in [6.07, 6.45) is 0. The second kappa shape index (κ2) is 8.82. The van der Waals surface area contributed by atoms with Gasteiger partial charge in [0.05, 0.1) is 6.54 Å². The van der Waals surface area contributed by atoms with Gasteiger partial charge in [-0.05, 0) is 25.2 Å². The standard InChI is InChI=1S/C21H31NO7/c1-19(2,3)21(18(26)27,20(4,5)6)29-15-9-8-13(14(23)11-22-7)10-16(15)28-12-17(24)25/h8-10,22H,11-12H2,1-7H3,(H,24,25)(H,26,27). The maximum atomic E-state index is 12.4. The number of Topliss-reactive ketones (excluding diaryl/α,β-unsaturated/α-hetero) is 1. The number of rotatable bonds is 9. The van der Waals surface area contributed by atoms with Gasteiger partial charge in [-0.3, -0.25) is 4.79 Å². The molecule has 8 heteroatoms. The van der Waals surface area contributed by atoms with Crippen molar-refractivity contribution in [1.29, 1.82) is 0 Å². The molecule has 8 nitrogen and oxygen atoms in total. The molecule has 0 amide bonds. The molecule has 0 saturated carbocycles. The molecule has 29 heavy (non-hydrogen) atoms. The van der Waals surface area contributed by atoms with Crippen LogP contribution in [0.5, 0.6) is 11.5 Å². The van der Waals surface area contributed by atoms with Crippen LogP contribution in [0.4, 0.5) is 0 Å². The van der Waals surface area contributed by atoms with E-state index in [1.54, 1.807) is 48.6 Å². The fourth-order valence-electron chi connectivity index (χ4n) is 3.56. The third-order valence-electron chi connectivity index (χ3n) is 4.63. The highest BCUT2D eigenvalue weighted by molar-refractivity contribution is 5.98. The van der Waals surface area contributed by atoms with E-state index in [2.05, 4.69) is 5.32 Å². The Kier molecular flexibility index (Phi) is 7.43. The Morgan fingerprint density at radius 1 is 0.966 bits per heavy atom. The number of carbonyl (C=O) groups is 3. The number of carboxylic acids is 2. The summed E-state index contributed by atoms with van der Waals surface area (Å²) in [5.41, 5.74) is -3.04. The molecule has 0 unspecified atom stereocenters. The van der Waals surface area contributed by atoms with Crippen molar-refractivity contribution in [3.63, 3.8) is 0 Å². The first-order valence-electron chi connectivity index (χ1n) is 9.26. The fraction of sp³-hybridized carbons (Fsp3) is 0.571. The predicted molar refractivity (Wildman–Crippen MR) is 108 cm³/mol. The van der Waals surface area contributed by atoms with Gasteiger partial charge in [-0.1, -0.05) is 41.5 Å². The SMILES string of the molecule is CNCC(=O)c1ccc(OC(C(=O)O)(C(C)(C)C)C(C)(C)C)c(OCC(=O)O)c1. The zero-order chi connectivity index (χ0) is 22.6. The minimum atomic E-state index is -1.67. The van der Waals surface area contributed by atoms with Gasteiger partial charge in [-0.25, -0.2) is 9.59 Å². The van der Waals surface area contributed by atoms with E-state index >= 15 is 0 Å². The zero-order valence-corrected chi connectivity index (χ0v) is 18.1. The predicted octanol–water partition coefficient (Wildman–Crippen LogP) is 2.85. The summed E-state index contributed by atoms with van der Waals surface area (Å²) < 4.78 is 11.4. The minimum absolute atomic E-state index is 0.00604. The van der Waals surface area contributed by atoms with Crippen LogP contribution >= 0.6 is 0 Å². The van der Waals surface area contributed by atoms with E-state index in [0.717, 1.165) is 0 Å². The molecule has 0 fully saturated rings. The number of carboxylic acid groups (broad SMARTS) is 2. The summed E-state index contributed by atoms with van der Waals surface area (Å²) in [6.45, 7) is 9.98. The number of nitrogens with one attached hydrogen (secondary N) is 1. The lowest BCUT2D eigenvalue weighted by molar-refractivity contribution is -0.184. The first-order chi connectivity index (χ1) is 13.2. The normalized spacial score (nSPS) is 12.4. The highest BCUT2D eigenvalue weighted by Gasteiger charge is 2.59. The lowest BCUT2D eigenvalue weighted by atomic mass is 9.62. The fourth-order valence-corrected chi connectivity index (χ4v) is 3.56. The molecular weight excluding hydrogens is 378 g/mol. The Bertz CT molecular complexity index is 758. The van der Waals surface area contributed by atoms with E-state index in [-0.39, 0.29) is 23.8 Å². The summed E-state index contributed by atoms with van der Waals surface area (Å²) in [7, 11) is 1.63. The van der Waals surface area contributed by atoms with Gasteiger partial charge in [-0.15, -0.1) is 0 Å². The highest BCUT2D eigenvalue weighted by atomic mass is 16.6. The number of ether oxygens (including phenoxy) is 2. The molecule has 0 spiro atoms. The Labute approximate surface area is 171 Å². The summed E-state index contributed by atoms with van der Waals surface area (Å²) in [4.78, 5) is 35.6. The van der Waals surface area contributed by atoms with Crippen LogP contribution < -0.4 is 14.8 Å². The van der Waals surface area contributed by atoms with Crippen molar-refractivity contribution in [3.05, 3.63) is 23.8 Å². The lowest BCUT2D eigenvalue weighted by Crippen LogP contribution is -2.63. The van der Waals surface area contributed by atoms with Crippen molar-refractivity contribution >= 4 is 17.7 Å². The van der Waals surface area contributed by atoms with E-state index in [1.807, 2.05) is 0 Å². The largest absolute Gasteiger partial charge is 0.479 e. The third-order valence-corrected chi connectivity index (χ3v) is 4.63. The van der Waals surface area contributed by atoms with Crippen LogP contribution in [-0.4, -0.2) is 53.7 Å². The van der Waals surface area contributed by atoms with E-state index in [9.17, 15) is 19.5 Å². The average molecular weight is 409 g/mol. The quantitative estimate of drug-likeness (QED) is 0.532. The highest BCUT2D eigenvalue weighted by Crippen LogP contribution is 2.48. The molecule has 0 atom stereocenters. The van der Waals surface area contributed by atoms with Crippen LogP contribution in [0.25, 0.3) is 0 Å². The van der Waals surface area contributed by atoms with Gasteiger partial charge in [0.2, 0.25) is 5.60 Å². The number of hydrogen-bond donors (Lipinski definition) is 3. The van der Waals surface area contributed by atoms with E-state index < -0.39 is 35.0 Å². The smallest absolute Gasteiger partial charge is 0.349 e. The van der Waals surface area contributed by atoms with Gasteiger partial charge in [0, 0.05) is 16.4 Å². The number of benzene rings is 1. The summed E-state index contributed by atoms with van der Waals surface area (Å²) in [6, 6.07) is 4.31. The average Bonchev–Trinajstić information content (AvgIpc) is 2.55. The summed E-state index contributed by atoms with van der Waals surface area (Å²) in [5, 5.41) is 21.9. The first kappa shape index (κ1) is 24.4. The molecule has 3 N–H and O–H groups in total. The molecule has 0 aliphatic carbocycles. The van der Waals surface area contributed by atoms with Gasteiger partial charge < -0.3 is 25.0 Å². The lowest BCUT2D eigenvalue weighted by Gasteiger charge is -2.49. The Morgan fingerprint density at radius 3 is 1.93 bits per heavy atom. The maximum Gasteiger partial charge on any atom is 0.349 e. The molecule has 0 bridgehead atoms. The van der Waals surface area contributed by atoms with Crippen molar-refractivity contribution in [1.82, 2.24) is 5.32 Å². The Morgan fingerprint density at radius 2 is 1.52 bits per heavy atom. The maximum absolute atomic E-state index is 12.4. The van der Waals surface area contributed by atoms with Gasteiger partial charge >= 0.3 is 11.9 Å². The second-order valence-electron chi connectivity index (χ2n) is 8.89. The molecule has 1 rings (SSSR count). The molecule has 1 aromatic carbocycles. The van der Waals surface area contributed by atoms with Crippen LogP contribution in [0.3, 0.4) is 0 Å². The van der Waals surface area contributed by atoms with Crippen molar-refractivity contribution in [2.45, 2.75) is 47.1 Å². The van der Waals surface area contributed by atoms with Gasteiger partial charge in [0.1, 0.15) is 0 Å². The second-order valence-corrected chi connectivity index (χ2v) is 8.89. The Hall–Kier alpha value is -2.61. The van der Waals surface area contributed by atoms with E-state index in [4.69, 9.17) is 14.6 Å². The molecule has 0 radical (unpaired) electrons. The molecule has 1 aromatic rings. The van der Waals surface area contributed by atoms with Crippen molar-refractivity contribution in [3.8, 4) is 11.5 Å². The topological polar surface area (TPSA) is 122 Å². The molecular formula is C21H31NO7. The van der Waals surface area contributed by atoms with Crippen LogP contribution in [0.2, 0.25) is 0 Å². The van der Waals surface area contributed by atoms with Crippen molar-refractivity contribution in [2.75, 3.05) is 20.2 Å².